The molecule has 11 heteroatoms. The number of benzene rings is 1. The van der Waals surface area contributed by atoms with Crippen molar-refractivity contribution in [2.45, 2.75) is 11.8 Å². The highest BCUT2D eigenvalue weighted by atomic mass is 32.2. The Morgan fingerprint density at radius 3 is 2.66 bits per heavy atom. The van der Waals surface area contributed by atoms with Gasteiger partial charge < -0.3 is 18.6 Å². The van der Waals surface area contributed by atoms with E-state index < -0.39 is 21.7 Å². The average Bonchev–Trinajstić information content (AvgIpc) is 3.11. The maximum absolute atomic E-state index is 13.1. The van der Waals surface area contributed by atoms with Crippen molar-refractivity contribution < 1.29 is 22.4 Å². The molecule has 3 aromatic rings. The van der Waals surface area contributed by atoms with E-state index in [1.54, 1.807) is 18.5 Å². The Balaban J connectivity index is 1.68. The highest BCUT2D eigenvalue weighted by Crippen LogP contribution is 2.27. The summed E-state index contributed by atoms with van der Waals surface area (Å²) in [5, 5.41) is 0.492. The van der Waals surface area contributed by atoms with Crippen LogP contribution in [-0.4, -0.2) is 66.1 Å². The Morgan fingerprint density at radius 1 is 1.24 bits per heavy atom. The van der Waals surface area contributed by atoms with Crippen LogP contribution < -0.4 is 5.63 Å². The van der Waals surface area contributed by atoms with Gasteiger partial charge in [-0.05, 0) is 25.1 Å². The third-order valence-electron chi connectivity index (χ3n) is 4.94. The van der Waals surface area contributed by atoms with E-state index in [0.29, 0.717) is 10.9 Å². The van der Waals surface area contributed by atoms with Crippen molar-refractivity contribution >= 4 is 38.1 Å². The molecule has 0 atom stereocenters. The van der Waals surface area contributed by atoms with Crippen LogP contribution in [0.15, 0.2) is 38.6 Å². The van der Waals surface area contributed by atoms with Crippen molar-refractivity contribution in [3.05, 3.63) is 34.9 Å². The van der Waals surface area contributed by atoms with Crippen molar-refractivity contribution in [1.29, 1.82) is 0 Å². The summed E-state index contributed by atoms with van der Waals surface area (Å²) in [5.41, 5.74) is 0.383. The lowest BCUT2D eigenvalue weighted by atomic mass is 10.2. The first-order chi connectivity index (χ1) is 13.8. The van der Waals surface area contributed by atoms with Gasteiger partial charge in [0.15, 0.2) is 5.52 Å². The number of imidazole rings is 1. The van der Waals surface area contributed by atoms with Crippen molar-refractivity contribution in [2.75, 3.05) is 32.8 Å². The first-order valence-electron chi connectivity index (χ1n) is 9.12. The van der Waals surface area contributed by atoms with Crippen molar-refractivity contribution in [2.24, 2.45) is 7.05 Å². The van der Waals surface area contributed by atoms with E-state index in [9.17, 15) is 18.0 Å². The number of ether oxygens (including phenoxy) is 1. The van der Waals surface area contributed by atoms with Crippen LogP contribution in [0, 0.1) is 0 Å². The zero-order valence-electron chi connectivity index (χ0n) is 16.0. The number of amides is 1. The van der Waals surface area contributed by atoms with Crippen LogP contribution in [-0.2, 0) is 21.8 Å². The highest BCUT2D eigenvalue weighted by molar-refractivity contribution is 7.89. The summed E-state index contributed by atoms with van der Waals surface area (Å²) in [6.45, 7) is 2.85. The van der Waals surface area contributed by atoms with Gasteiger partial charge in [-0.3, -0.25) is 0 Å². The molecule has 0 unspecified atom stereocenters. The maximum atomic E-state index is 13.1. The number of hydrogen-bond acceptors (Lipinski definition) is 7. The molecule has 0 saturated carbocycles. The molecule has 154 valence electrons. The second-order valence-corrected chi connectivity index (χ2v) is 8.63. The summed E-state index contributed by atoms with van der Waals surface area (Å²) < 4.78 is 39.5. The highest BCUT2D eigenvalue weighted by Gasteiger charge is 2.31. The number of rotatable bonds is 3. The molecular weight excluding hydrogens is 400 g/mol. The largest absolute Gasteiger partial charge is 0.450 e. The summed E-state index contributed by atoms with van der Waals surface area (Å²) in [6.07, 6.45) is 1.04. The average molecular weight is 420 g/mol. The minimum Gasteiger partial charge on any atom is -0.450 e. The van der Waals surface area contributed by atoms with Gasteiger partial charge in [0.05, 0.1) is 23.3 Å². The molecular formula is C18H20N4O6S. The van der Waals surface area contributed by atoms with Crippen LogP contribution in [0.4, 0.5) is 4.79 Å². The molecule has 1 fully saturated rings. The van der Waals surface area contributed by atoms with Crippen molar-refractivity contribution in [1.82, 2.24) is 18.8 Å². The smallest absolute Gasteiger partial charge is 0.409 e. The molecule has 0 spiro atoms. The van der Waals surface area contributed by atoms with Crippen LogP contribution in [0.2, 0.25) is 0 Å². The molecule has 1 aromatic carbocycles. The molecule has 1 aliphatic rings. The van der Waals surface area contributed by atoms with Crippen LogP contribution in [0.1, 0.15) is 6.92 Å². The van der Waals surface area contributed by atoms with Gasteiger partial charge in [0.25, 0.3) is 0 Å². The van der Waals surface area contributed by atoms with Crippen molar-refractivity contribution in [3.63, 3.8) is 0 Å². The third kappa shape index (κ3) is 3.25. The first kappa shape index (κ1) is 19.4. The van der Waals surface area contributed by atoms with Gasteiger partial charge in [-0.1, -0.05) is 0 Å². The van der Waals surface area contributed by atoms with Crippen LogP contribution >= 0.6 is 0 Å². The van der Waals surface area contributed by atoms with E-state index in [4.69, 9.17) is 9.15 Å². The normalized spacial score (nSPS) is 15.9. The topological polar surface area (TPSA) is 115 Å². The van der Waals surface area contributed by atoms with Crippen LogP contribution in [0.3, 0.4) is 0 Å². The minimum atomic E-state index is -3.78. The molecule has 4 rings (SSSR count). The lowest BCUT2D eigenvalue weighted by Gasteiger charge is -2.33. The van der Waals surface area contributed by atoms with E-state index in [-0.39, 0.29) is 48.8 Å². The molecule has 1 aliphatic heterocycles. The summed E-state index contributed by atoms with van der Waals surface area (Å²) in [5.74, 6) is 0. The first-order valence-corrected chi connectivity index (χ1v) is 10.6. The number of nitrogens with zero attached hydrogens (tertiary/aromatic N) is 4. The molecule has 3 heterocycles. The summed E-state index contributed by atoms with van der Waals surface area (Å²) in [4.78, 5) is 29.5. The Labute approximate surface area is 166 Å². The number of hydrogen-bond donors (Lipinski definition) is 0. The summed E-state index contributed by atoms with van der Waals surface area (Å²) in [7, 11) is -2.06. The number of carbonyl (C=O) groups is 1. The second-order valence-electron chi connectivity index (χ2n) is 6.69. The summed E-state index contributed by atoms with van der Waals surface area (Å²) in [6, 6.07) is 4.39. The van der Waals surface area contributed by atoms with Gasteiger partial charge in [0.2, 0.25) is 10.0 Å². The van der Waals surface area contributed by atoms with E-state index in [1.807, 2.05) is 0 Å². The Hall–Kier alpha value is -2.92. The predicted molar refractivity (Wildman–Crippen MR) is 104 cm³/mol. The molecule has 0 bridgehead atoms. The minimum absolute atomic E-state index is 0.0888. The van der Waals surface area contributed by atoms with Gasteiger partial charge in [-0.15, -0.1) is 0 Å². The quantitative estimate of drug-likeness (QED) is 0.584. The SMILES string of the molecule is CCOC(=O)N1CCN(S(=O)(=O)c2ccc3oc(=O)c4ncn(C)c4c3c2)CC1. The molecule has 10 nitrogen and oxygen atoms in total. The third-order valence-corrected chi connectivity index (χ3v) is 6.84. The summed E-state index contributed by atoms with van der Waals surface area (Å²) >= 11 is 0. The van der Waals surface area contributed by atoms with Crippen LogP contribution in [0.5, 0.6) is 0 Å². The van der Waals surface area contributed by atoms with Gasteiger partial charge in [-0.25, -0.2) is 23.0 Å². The molecule has 0 N–H and O–H groups in total. The zero-order valence-corrected chi connectivity index (χ0v) is 16.8. The number of sulfonamides is 1. The molecule has 0 aliphatic carbocycles. The fraction of sp³-hybridized carbons (Fsp3) is 0.389. The second kappa shape index (κ2) is 7.16. The number of aryl methyl sites for hydroxylation is 1. The Morgan fingerprint density at radius 2 is 1.97 bits per heavy atom. The number of aromatic nitrogens is 2. The Bertz CT molecular complexity index is 1250. The Kier molecular flexibility index (Phi) is 4.79. The molecule has 29 heavy (non-hydrogen) atoms. The van der Waals surface area contributed by atoms with E-state index in [2.05, 4.69) is 4.98 Å². The monoisotopic (exact) mass is 420 g/mol. The van der Waals surface area contributed by atoms with E-state index in [0.717, 1.165) is 0 Å². The number of fused-ring (bicyclic) bond motifs is 3. The van der Waals surface area contributed by atoms with Crippen molar-refractivity contribution in [3.8, 4) is 0 Å². The van der Waals surface area contributed by atoms with Gasteiger partial charge >= 0.3 is 11.7 Å². The number of piperazine rings is 1. The molecule has 1 saturated heterocycles. The van der Waals surface area contributed by atoms with E-state index in [1.165, 1.54) is 33.7 Å². The molecule has 2 aromatic heterocycles. The van der Waals surface area contributed by atoms with Crippen LogP contribution in [0.25, 0.3) is 22.0 Å². The predicted octanol–water partition coefficient (Wildman–Crippen LogP) is 1.14. The lowest BCUT2D eigenvalue weighted by molar-refractivity contribution is 0.0934. The van der Waals surface area contributed by atoms with Gasteiger partial charge in [0, 0.05) is 38.6 Å². The maximum Gasteiger partial charge on any atom is 0.409 e. The fourth-order valence-corrected chi connectivity index (χ4v) is 4.91. The fourth-order valence-electron chi connectivity index (χ4n) is 3.46. The molecule has 1 amide bonds. The molecule has 0 radical (unpaired) electrons. The standard InChI is InChI=1S/C18H20N4O6S/c1-3-27-18(24)21-6-8-22(9-7-21)29(25,26)12-4-5-14-13(10-12)16-15(17(23)28-14)19-11-20(16)2/h4-5,10-11H,3,6-9H2,1-2H3. The number of carbonyl (C=O) groups excluding carboxylic acids is 1. The van der Waals surface area contributed by atoms with Gasteiger partial charge in [-0.2, -0.15) is 4.31 Å². The lowest BCUT2D eigenvalue weighted by Crippen LogP contribution is -2.50. The van der Waals surface area contributed by atoms with E-state index >= 15 is 0 Å². The van der Waals surface area contributed by atoms with Gasteiger partial charge in [0.1, 0.15) is 5.58 Å². The zero-order chi connectivity index (χ0) is 20.8.